The zero-order valence-corrected chi connectivity index (χ0v) is 32.1. The van der Waals surface area contributed by atoms with Crippen LogP contribution in [0.1, 0.15) is 56.9 Å². The number of hydrogen-bond donors (Lipinski definition) is 0. The summed E-state index contributed by atoms with van der Waals surface area (Å²) in [5, 5.41) is 3.42. The molecule has 54 heavy (non-hydrogen) atoms. The number of thiophene rings is 1. The average Bonchev–Trinajstić information content (AvgIpc) is 3.79. The summed E-state index contributed by atoms with van der Waals surface area (Å²) in [5.41, 5.74) is 13.1. The van der Waals surface area contributed by atoms with E-state index < -0.39 is 0 Å². The van der Waals surface area contributed by atoms with Crippen molar-refractivity contribution in [1.29, 1.82) is 0 Å². The maximum Gasteiger partial charge on any atom is 0.252 e. The Balaban J connectivity index is 1.36. The second kappa shape index (κ2) is 11.8. The van der Waals surface area contributed by atoms with Crippen LogP contribution in [0.5, 0.6) is 0 Å². The first-order chi connectivity index (χ1) is 26.0. The number of rotatable bonds is 4. The van der Waals surface area contributed by atoms with Crippen molar-refractivity contribution in [2.75, 3.05) is 9.80 Å². The van der Waals surface area contributed by atoms with Crippen molar-refractivity contribution in [2.45, 2.75) is 59.8 Å². The first-order valence-corrected chi connectivity index (χ1v) is 19.7. The van der Waals surface area contributed by atoms with Gasteiger partial charge in [0.05, 0.1) is 17.6 Å². The van der Waals surface area contributed by atoms with Crippen molar-refractivity contribution in [1.82, 2.24) is 0 Å². The number of halogens is 2. The summed E-state index contributed by atoms with van der Waals surface area (Å²) in [6, 6.07) is 32.6. The van der Waals surface area contributed by atoms with Crippen LogP contribution in [0.25, 0.3) is 31.1 Å². The van der Waals surface area contributed by atoms with Crippen molar-refractivity contribution >= 4 is 99.7 Å². The number of fused-ring (bicyclic) bond motifs is 8. The molecule has 0 radical (unpaired) electrons. The topological polar surface area (TPSA) is 19.6 Å². The summed E-state index contributed by atoms with van der Waals surface area (Å²) in [4.78, 5) is 4.21. The van der Waals surface area contributed by atoms with E-state index in [1.165, 1.54) is 25.7 Å². The Morgan fingerprint density at radius 2 is 1.37 bits per heavy atom. The second-order valence-electron chi connectivity index (χ2n) is 15.8. The van der Waals surface area contributed by atoms with Crippen LogP contribution < -0.4 is 26.2 Å². The van der Waals surface area contributed by atoms with Crippen LogP contribution in [0.2, 0.25) is 0 Å². The number of furan rings is 1. The van der Waals surface area contributed by atoms with Crippen molar-refractivity contribution in [3.8, 4) is 0 Å². The molecule has 0 N–H and O–H groups in total. The van der Waals surface area contributed by atoms with Gasteiger partial charge in [-0.2, -0.15) is 0 Å². The van der Waals surface area contributed by atoms with E-state index in [0.29, 0.717) is 11.4 Å². The summed E-state index contributed by atoms with van der Waals surface area (Å²) in [6.07, 6.45) is 3.27. The molecule has 10 rings (SSSR count). The molecule has 0 saturated carbocycles. The molecule has 2 aliphatic rings. The van der Waals surface area contributed by atoms with Gasteiger partial charge in [-0.25, -0.2) is 8.78 Å². The SMILES string of the molecule is CCc1ccc(F)c(N2c3cc4occc4cc3B3c4cc5c(sc6ccc(C(C)(C)C)cc65)c(C)c4N(c4cc(CC)ccc4F)c4cccc2c43)c1. The van der Waals surface area contributed by atoms with Crippen LogP contribution in [-0.2, 0) is 18.3 Å². The summed E-state index contributed by atoms with van der Waals surface area (Å²) in [5.74, 6) is -0.588. The van der Waals surface area contributed by atoms with E-state index in [9.17, 15) is 0 Å². The molecular weight excluding hydrogens is 689 g/mol. The molecular formula is C47H39BF2N2OS. The maximum atomic E-state index is 16.5. The molecule has 4 heterocycles. The number of nitrogens with zero attached hydrogens (tertiary/aromatic N) is 2. The van der Waals surface area contributed by atoms with Gasteiger partial charge in [-0.05, 0) is 118 Å². The third-order valence-electron chi connectivity index (χ3n) is 11.7. The zero-order chi connectivity index (χ0) is 37.2. The van der Waals surface area contributed by atoms with Crippen LogP contribution in [0.3, 0.4) is 0 Å². The molecule has 3 nitrogen and oxygen atoms in total. The monoisotopic (exact) mass is 728 g/mol. The van der Waals surface area contributed by atoms with E-state index in [0.717, 1.165) is 79.6 Å². The Morgan fingerprint density at radius 1 is 0.685 bits per heavy atom. The highest BCUT2D eigenvalue weighted by Gasteiger charge is 2.45. The van der Waals surface area contributed by atoms with Gasteiger partial charge in [-0.1, -0.05) is 71.0 Å². The highest BCUT2D eigenvalue weighted by Crippen LogP contribution is 2.49. The molecule has 0 saturated heterocycles. The van der Waals surface area contributed by atoms with Crippen LogP contribution >= 0.6 is 11.3 Å². The fourth-order valence-electron chi connectivity index (χ4n) is 8.88. The lowest BCUT2D eigenvalue weighted by molar-refractivity contribution is 0.591. The molecule has 0 spiro atoms. The van der Waals surface area contributed by atoms with Gasteiger partial charge in [0, 0.05) is 54.4 Å². The number of benzene rings is 6. The lowest BCUT2D eigenvalue weighted by atomic mass is 9.33. The first-order valence-electron chi connectivity index (χ1n) is 18.9. The van der Waals surface area contributed by atoms with Crippen molar-refractivity contribution in [3.05, 3.63) is 137 Å². The van der Waals surface area contributed by atoms with E-state index in [2.05, 4.69) is 99.9 Å². The zero-order valence-electron chi connectivity index (χ0n) is 31.3. The van der Waals surface area contributed by atoms with Gasteiger partial charge in [0.1, 0.15) is 17.2 Å². The Hall–Kier alpha value is -5.40. The molecule has 0 fully saturated rings. The molecule has 0 aliphatic carbocycles. The van der Waals surface area contributed by atoms with Gasteiger partial charge >= 0.3 is 0 Å². The molecule has 6 aromatic carbocycles. The number of anilines is 6. The Bertz CT molecular complexity index is 2860. The largest absolute Gasteiger partial charge is 0.464 e. The molecule has 0 atom stereocenters. The molecule has 0 unspecified atom stereocenters. The molecule has 8 aromatic rings. The fraction of sp³-hybridized carbons (Fsp3) is 0.191. The standard InChI is InChI=1S/C47H39BF2N2OS/c1-7-27-12-15-35(49)40(20-27)51-37-10-9-11-38-44(37)48(33-22-29-18-19-53-42(29)25-39(33)51)34-24-32-31-23-30(47(4,5)6)14-17-43(31)54-46(32)26(3)45(34)52(38)41-21-28(8-2)13-16-36(41)50/h9-25H,7-8H2,1-6H3. The van der Waals surface area contributed by atoms with Crippen molar-refractivity contribution < 1.29 is 13.2 Å². The molecule has 266 valence electrons. The third kappa shape index (κ3) is 4.70. The van der Waals surface area contributed by atoms with E-state index >= 15 is 8.78 Å². The maximum absolute atomic E-state index is 16.5. The summed E-state index contributed by atoms with van der Waals surface area (Å²) >= 11 is 1.81. The highest BCUT2D eigenvalue weighted by atomic mass is 32.1. The first kappa shape index (κ1) is 33.2. The Labute approximate surface area is 318 Å². The van der Waals surface area contributed by atoms with Crippen molar-refractivity contribution in [2.24, 2.45) is 0 Å². The van der Waals surface area contributed by atoms with Crippen LogP contribution in [0.15, 0.2) is 108 Å². The van der Waals surface area contributed by atoms with Gasteiger partial charge < -0.3 is 14.2 Å². The van der Waals surface area contributed by atoms with Crippen molar-refractivity contribution in [3.63, 3.8) is 0 Å². The van der Waals surface area contributed by atoms with E-state index in [4.69, 9.17) is 4.42 Å². The smallest absolute Gasteiger partial charge is 0.252 e. The molecule has 0 amide bonds. The highest BCUT2D eigenvalue weighted by molar-refractivity contribution is 7.26. The van der Waals surface area contributed by atoms with Gasteiger partial charge in [-0.3, -0.25) is 0 Å². The van der Waals surface area contributed by atoms with E-state index in [-0.39, 0.29) is 23.8 Å². The predicted octanol–water partition coefficient (Wildman–Crippen LogP) is 11.9. The number of aryl methyl sites for hydroxylation is 3. The molecule has 2 aliphatic heterocycles. The summed E-state index contributed by atoms with van der Waals surface area (Å²) < 4.78 is 41.2. The normalized spacial score (nSPS) is 13.6. The van der Waals surface area contributed by atoms with Gasteiger partial charge in [0.25, 0.3) is 6.71 Å². The molecule has 2 aromatic heterocycles. The van der Waals surface area contributed by atoms with Crippen LogP contribution in [-0.4, -0.2) is 6.71 Å². The fourth-order valence-corrected chi connectivity index (χ4v) is 10.0. The minimum Gasteiger partial charge on any atom is -0.464 e. The molecule has 7 heteroatoms. The minimum atomic E-state index is -0.305. The summed E-state index contributed by atoms with van der Waals surface area (Å²) in [7, 11) is 0. The lowest BCUT2D eigenvalue weighted by Crippen LogP contribution is -2.61. The van der Waals surface area contributed by atoms with Crippen LogP contribution in [0.4, 0.5) is 42.9 Å². The second-order valence-corrected chi connectivity index (χ2v) is 16.9. The third-order valence-corrected chi connectivity index (χ3v) is 13.0. The van der Waals surface area contributed by atoms with Gasteiger partial charge in [0.15, 0.2) is 0 Å². The van der Waals surface area contributed by atoms with Gasteiger partial charge in [-0.15, -0.1) is 11.3 Å². The Kier molecular flexibility index (Phi) is 7.25. The minimum absolute atomic E-state index is 0.00967. The van der Waals surface area contributed by atoms with E-state index in [1.807, 2.05) is 36.4 Å². The molecule has 0 bridgehead atoms. The summed E-state index contributed by atoms with van der Waals surface area (Å²) in [6.45, 7) is 12.9. The van der Waals surface area contributed by atoms with E-state index in [1.54, 1.807) is 29.7 Å². The van der Waals surface area contributed by atoms with Gasteiger partial charge in [0.2, 0.25) is 0 Å². The lowest BCUT2D eigenvalue weighted by Gasteiger charge is -2.44. The average molecular weight is 729 g/mol. The Morgan fingerprint density at radius 3 is 2.06 bits per heavy atom. The predicted molar refractivity (Wildman–Crippen MR) is 225 cm³/mol. The quantitative estimate of drug-likeness (QED) is 0.168. The van der Waals surface area contributed by atoms with Crippen LogP contribution in [0, 0.1) is 18.6 Å². The number of hydrogen-bond acceptors (Lipinski definition) is 4.